The fourth-order valence-corrected chi connectivity index (χ4v) is 3.47. The summed E-state index contributed by atoms with van der Waals surface area (Å²) in [6.07, 6.45) is 0. The molecule has 0 N–H and O–H groups in total. The van der Waals surface area contributed by atoms with Gasteiger partial charge < -0.3 is 4.74 Å². The van der Waals surface area contributed by atoms with E-state index >= 15 is 0 Å². The third kappa shape index (κ3) is 1.48. The SMILES string of the molecule is O=C1OC(=C2SC(=O)c3ccccc32)c2ccccc21. The number of rotatable bonds is 0. The first-order valence-corrected chi connectivity index (χ1v) is 6.95. The Balaban J connectivity index is 1.99. The number of hydrogen-bond acceptors (Lipinski definition) is 4. The van der Waals surface area contributed by atoms with E-state index in [1.807, 2.05) is 30.3 Å². The Morgan fingerprint density at radius 2 is 1.35 bits per heavy atom. The summed E-state index contributed by atoms with van der Waals surface area (Å²) in [6, 6.07) is 14.6. The number of esters is 1. The minimum absolute atomic E-state index is 0.0106. The second-order valence-electron chi connectivity index (χ2n) is 4.53. The lowest BCUT2D eigenvalue weighted by Crippen LogP contribution is -1.92. The molecule has 96 valence electrons. The van der Waals surface area contributed by atoms with Crippen molar-refractivity contribution in [2.45, 2.75) is 0 Å². The Morgan fingerprint density at radius 3 is 2.10 bits per heavy atom. The van der Waals surface area contributed by atoms with Crippen LogP contribution in [0.25, 0.3) is 10.7 Å². The molecule has 0 atom stereocenters. The van der Waals surface area contributed by atoms with Crippen molar-refractivity contribution in [3.63, 3.8) is 0 Å². The Morgan fingerprint density at radius 1 is 0.750 bits per heavy atom. The molecule has 0 unspecified atom stereocenters. The van der Waals surface area contributed by atoms with E-state index in [-0.39, 0.29) is 11.1 Å². The summed E-state index contributed by atoms with van der Waals surface area (Å²) in [5.74, 6) is 0.134. The van der Waals surface area contributed by atoms with Crippen molar-refractivity contribution in [1.82, 2.24) is 0 Å². The van der Waals surface area contributed by atoms with Crippen LogP contribution in [0.5, 0.6) is 0 Å². The molecule has 0 fully saturated rings. The molecule has 0 bridgehead atoms. The lowest BCUT2D eigenvalue weighted by molar-refractivity contribution is 0.0716. The van der Waals surface area contributed by atoms with Crippen LogP contribution in [0.4, 0.5) is 0 Å². The maximum atomic E-state index is 12.0. The zero-order valence-electron chi connectivity index (χ0n) is 10.3. The molecule has 4 heteroatoms. The molecule has 0 saturated carbocycles. The van der Waals surface area contributed by atoms with Crippen molar-refractivity contribution < 1.29 is 14.3 Å². The normalized spacial score (nSPS) is 19.8. The highest BCUT2D eigenvalue weighted by Gasteiger charge is 2.34. The molecule has 4 rings (SSSR count). The number of carbonyl (C=O) groups is 2. The zero-order chi connectivity index (χ0) is 13.7. The minimum Gasteiger partial charge on any atom is -0.421 e. The highest BCUT2D eigenvalue weighted by molar-refractivity contribution is 8.22. The predicted molar refractivity (Wildman–Crippen MR) is 77.0 cm³/mol. The molecule has 2 aromatic carbocycles. The first-order valence-electron chi connectivity index (χ1n) is 6.13. The Labute approximate surface area is 119 Å². The number of fused-ring (bicyclic) bond motifs is 2. The molecule has 0 spiro atoms. The molecule has 2 aromatic rings. The van der Waals surface area contributed by atoms with Crippen molar-refractivity contribution in [1.29, 1.82) is 0 Å². The van der Waals surface area contributed by atoms with Crippen molar-refractivity contribution in [2.75, 3.05) is 0 Å². The third-order valence-corrected chi connectivity index (χ3v) is 4.39. The van der Waals surface area contributed by atoms with Crippen molar-refractivity contribution in [3.05, 3.63) is 70.8 Å². The molecule has 3 nitrogen and oxygen atoms in total. The number of benzene rings is 2. The highest BCUT2D eigenvalue weighted by atomic mass is 32.2. The predicted octanol–water partition coefficient (Wildman–Crippen LogP) is 3.57. The number of cyclic esters (lactones) is 1. The molecule has 2 heterocycles. The van der Waals surface area contributed by atoms with E-state index in [9.17, 15) is 9.59 Å². The molecule has 0 aliphatic carbocycles. The molecule has 0 radical (unpaired) electrons. The van der Waals surface area contributed by atoms with Crippen molar-refractivity contribution >= 4 is 33.5 Å². The van der Waals surface area contributed by atoms with Gasteiger partial charge in [-0.3, -0.25) is 4.79 Å². The molecular weight excluding hydrogens is 272 g/mol. The summed E-state index contributed by atoms with van der Waals surface area (Å²) in [6.45, 7) is 0. The van der Waals surface area contributed by atoms with Crippen LogP contribution in [-0.4, -0.2) is 11.1 Å². The molecule has 0 saturated heterocycles. The van der Waals surface area contributed by atoms with Crippen LogP contribution in [0.3, 0.4) is 0 Å². The van der Waals surface area contributed by atoms with Gasteiger partial charge in [-0.05, 0) is 23.9 Å². The Hall–Kier alpha value is -2.33. The van der Waals surface area contributed by atoms with E-state index in [1.54, 1.807) is 18.2 Å². The summed E-state index contributed by atoms with van der Waals surface area (Å²) in [4.78, 5) is 24.6. The standard InChI is InChI=1S/C16H8O3S/c17-15-11-7-3-1-5-9(11)13(19-15)14-10-6-2-4-8-12(10)16(18)20-14/h1-8H. The van der Waals surface area contributed by atoms with Gasteiger partial charge in [-0.2, -0.15) is 0 Å². The topological polar surface area (TPSA) is 43.4 Å². The first kappa shape index (κ1) is 11.5. The van der Waals surface area contributed by atoms with Gasteiger partial charge in [0.15, 0.2) is 5.76 Å². The fourth-order valence-electron chi connectivity index (χ4n) is 2.46. The van der Waals surface area contributed by atoms with Crippen LogP contribution < -0.4 is 0 Å². The number of thioether (sulfide) groups is 1. The molecule has 2 aliphatic rings. The van der Waals surface area contributed by atoms with Crippen molar-refractivity contribution in [3.8, 4) is 0 Å². The molecule has 20 heavy (non-hydrogen) atoms. The quantitative estimate of drug-likeness (QED) is 0.692. The van der Waals surface area contributed by atoms with E-state index in [0.717, 1.165) is 27.8 Å². The monoisotopic (exact) mass is 280 g/mol. The average Bonchev–Trinajstić information content (AvgIpc) is 2.99. The summed E-state index contributed by atoms with van der Waals surface area (Å²) < 4.78 is 5.39. The number of ether oxygens (including phenoxy) is 1. The van der Waals surface area contributed by atoms with Crippen LogP contribution in [-0.2, 0) is 4.74 Å². The van der Waals surface area contributed by atoms with Gasteiger partial charge in [0.05, 0.1) is 10.5 Å². The van der Waals surface area contributed by atoms with Gasteiger partial charge in [0.25, 0.3) is 0 Å². The second kappa shape index (κ2) is 4.08. The van der Waals surface area contributed by atoms with Crippen LogP contribution in [0.1, 0.15) is 31.8 Å². The van der Waals surface area contributed by atoms with Gasteiger partial charge in [0, 0.05) is 16.7 Å². The van der Waals surface area contributed by atoms with E-state index in [2.05, 4.69) is 0 Å². The third-order valence-electron chi connectivity index (χ3n) is 3.38. The van der Waals surface area contributed by atoms with Crippen LogP contribution >= 0.6 is 11.8 Å². The van der Waals surface area contributed by atoms with Crippen LogP contribution in [0.15, 0.2) is 48.5 Å². The van der Waals surface area contributed by atoms with Gasteiger partial charge in [-0.1, -0.05) is 36.4 Å². The van der Waals surface area contributed by atoms with Gasteiger partial charge in [0.1, 0.15) is 0 Å². The van der Waals surface area contributed by atoms with Crippen LogP contribution in [0.2, 0.25) is 0 Å². The first-order chi connectivity index (χ1) is 9.75. The fraction of sp³-hybridized carbons (Fsp3) is 0. The smallest absolute Gasteiger partial charge is 0.344 e. The summed E-state index contributed by atoms with van der Waals surface area (Å²) in [7, 11) is 0. The zero-order valence-corrected chi connectivity index (χ0v) is 11.1. The summed E-state index contributed by atoms with van der Waals surface area (Å²) >= 11 is 1.12. The average molecular weight is 280 g/mol. The van der Waals surface area contributed by atoms with Crippen LogP contribution in [0, 0.1) is 0 Å². The number of hydrogen-bond donors (Lipinski definition) is 0. The lowest BCUT2D eigenvalue weighted by Gasteiger charge is -2.03. The van der Waals surface area contributed by atoms with Gasteiger partial charge in [-0.15, -0.1) is 0 Å². The summed E-state index contributed by atoms with van der Waals surface area (Å²) in [5.41, 5.74) is 2.80. The Kier molecular flexibility index (Phi) is 2.35. The lowest BCUT2D eigenvalue weighted by atomic mass is 10.0. The summed E-state index contributed by atoms with van der Waals surface area (Å²) in [5, 5.41) is -0.0106. The van der Waals surface area contributed by atoms with Gasteiger partial charge in [0.2, 0.25) is 5.12 Å². The van der Waals surface area contributed by atoms with E-state index < -0.39 is 0 Å². The molecular formula is C16H8O3S. The van der Waals surface area contributed by atoms with E-state index in [1.165, 1.54) is 0 Å². The van der Waals surface area contributed by atoms with Gasteiger partial charge in [-0.25, -0.2) is 4.79 Å². The molecule has 2 aliphatic heterocycles. The maximum Gasteiger partial charge on any atom is 0.344 e. The second-order valence-corrected chi connectivity index (χ2v) is 5.51. The van der Waals surface area contributed by atoms with Gasteiger partial charge >= 0.3 is 5.97 Å². The minimum atomic E-state index is -0.361. The van der Waals surface area contributed by atoms with E-state index in [4.69, 9.17) is 4.74 Å². The number of carbonyl (C=O) groups excluding carboxylic acids is 2. The highest BCUT2D eigenvalue weighted by Crippen LogP contribution is 2.47. The molecule has 0 aromatic heterocycles. The maximum absolute atomic E-state index is 12.0. The largest absolute Gasteiger partial charge is 0.421 e. The van der Waals surface area contributed by atoms with E-state index in [0.29, 0.717) is 16.9 Å². The Bertz CT molecular complexity index is 737. The molecule has 0 amide bonds. The van der Waals surface area contributed by atoms with Crippen molar-refractivity contribution in [2.24, 2.45) is 0 Å².